The Kier molecular flexibility index (Phi) is 3.93. The summed E-state index contributed by atoms with van der Waals surface area (Å²) in [5, 5.41) is 0.953. The summed E-state index contributed by atoms with van der Waals surface area (Å²) in [7, 11) is 0. The van der Waals surface area contributed by atoms with Gasteiger partial charge < -0.3 is 4.74 Å². The normalized spacial score (nSPS) is 17.2. The van der Waals surface area contributed by atoms with Gasteiger partial charge in [0.25, 0.3) is 5.56 Å². The topological polar surface area (TPSA) is 66.1 Å². The summed E-state index contributed by atoms with van der Waals surface area (Å²) in [5.74, 6) is -0.976. The molecule has 128 valence electrons. The number of fused-ring (bicyclic) bond motifs is 1. The van der Waals surface area contributed by atoms with Gasteiger partial charge in [-0.05, 0) is 25.0 Å². The molecule has 1 saturated heterocycles. The minimum Gasteiger partial charge on any atom is -0.358 e. The second-order valence-electron chi connectivity index (χ2n) is 6.02. The molecule has 1 aliphatic heterocycles. The highest BCUT2D eigenvalue weighted by Gasteiger charge is 2.22. The quantitative estimate of drug-likeness (QED) is 0.731. The number of hydrogen-bond acceptors (Lipinski definition) is 4. The average molecular weight is 341 g/mol. The second-order valence-corrected chi connectivity index (χ2v) is 6.02. The Morgan fingerprint density at radius 3 is 2.84 bits per heavy atom. The molecule has 7 heteroatoms. The zero-order valence-electron chi connectivity index (χ0n) is 13.4. The van der Waals surface area contributed by atoms with Crippen molar-refractivity contribution in [1.82, 2.24) is 14.1 Å². The molecule has 0 N–H and O–H groups in total. The van der Waals surface area contributed by atoms with E-state index in [9.17, 15) is 14.0 Å². The molecular formula is C18H16FN3O3. The van der Waals surface area contributed by atoms with Crippen LogP contribution in [0.15, 0.2) is 52.2 Å². The maximum absolute atomic E-state index is 14.1. The van der Waals surface area contributed by atoms with Crippen LogP contribution in [0.1, 0.15) is 24.8 Å². The van der Waals surface area contributed by atoms with E-state index in [1.165, 1.54) is 0 Å². The number of aromatic nitrogens is 3. The summed E-state index contributed by atoms with van der Waals surface area (Å²) < 4.78 is 21.5. The molecule has 2 aromatic heterocycles. The average Bonchev–Trinajstić information content (AvgIpc) is 3.16. The van der Waals surface area contributed by atoms with E-state index in [0.717, 1.165) is 32.7 Å². The van der Waals surface area contributed by atoms with E-state index in [1.807, 2.05) is 30.3 Å². The van der Waals surface area contributed by atoms with Crippen LogP contribution in [0.5, 0.6) is 0 Å². The lowest BCUT2D eigenvalue weighted by molar-refractivity contribution is 0.0504. The standard InChI is InChI=1S/C18H16FN3O3/c19-14-11-21(16-6-3-9-25-16)18(24)22(17(14)23)10-13-8-7-12-4-1-2-5-15(12)20-13/h1-2,4-5,7-8,11,16H,3,6,9-10H2/t16-/m1/s1. The van der Waals surface area contributed by atoms with E-state index in [1.54, 1.807) is 6.07 Å². The summed E-state index contributed by atoms with van der Waals surface area (Å²) >= 11 is 0. The molecule has 6 nitrogen and oxygen atoms in total. The van der Waals surface area contributed by atoms with Crippen molar-refractivity contribution in [2.45, 2.75) is 25.6 Å². The molecule has 0 amide bonds. The highest BCUT2D eigenvalue weighted by molar-refractivity contribution is 5.78. The van der Waals surface area contributed by atoms with Crippen molar-refractivity contribution < 1.29 is 9.13 Å². The first-order valence-corrected chi connectivity index (χ1v) is 8.11. The maximum atomic E-state index is 14.1. The third-order valence-electron chi connectivity index (χ3n) is 4.35. The molecule has 0 unspecified atom stereocenters. The van der Waals surface area contributed by atoms with Crippen LogP contribution in [0.4, 0.5) is 4.39 Å². The van der Waals surface area contributed by atoms with Gasteiger partial charge in [-0.1, -0.05) is 24.3 Å². The Morgan fingerprint density at radius 1 is 1.20 bits per heavy atom. The van der Waals surface area contributed by atoms with E-state index < -0.39 is 23.3 Å². The van der Waals surface area contributed by atoms with Gasteiger partial charge in [-0.15, -0.1) is 0 Å². The zero-order valence-corrected chi connectivity index (χ0v) is 13.4. The van der Waals surface area contributed by atoms with Crippen LogP contribution < -0.4 is 11.2 Å². The molecular weight excluding hydrogens is 325 g/mol. The number of halogens is 1. The fraction of sp³-hybridized carbons (Fsp3) is 0.278. The first-order valence-electron chi connectivity index (χ1n) is 8.11. The first kappa shape index (κ1) is 15.7. The van der Waals surface area contributed by atoms with Crippen molar-refractivity contribution in [3.8, 4) is 0 Å². The highest BCUT2D eigenvalue weighted by atomic mass is 19.1. The summed E-state index contributed by atoms with van der Waals surface area (Å²) in [6.07, 6.45) is 1.82. The van der Waals surface area contributed by atoms with Crippen molar-refractivity contribution >= 4 is 10.9 Å². The van der Waals surface area contributed by atoms with Gasteiger partial charge in [-0.3, -0.25) is 18.9 Å². The predicted molar refractivity (Wildman–Crippen MR) is 90.0 cm³/mol. The smallest absolute Gasteiger partial charge is 0.333 e. The lowest BCUT2D eigenvalue weighted by atomic mass is 10.2. The third kappa shape index (κ3) is 2.87. The van der Waals surface area contributed by atoms with Crippen molar-refractivity contribution in [1.29, 1.82) is 0 Å². The molecule has 1 atom stereocenters. The SMILES string of the molecule is O=c1c(F)cn([C@H]2CCCO2)c(=O)n1Cc1ccc2ccccc2n1. The van der Waals surface area contributed by atoms with Gasteiger partial charge in [0.05, 0.1) is 24.0 Å². The number of hydrogen-bond donors (Lipinski definition) is 0. The third-order valence-corrected chi connectivity index (χ3v) is 4.35. The number of nitrogens with zero attached hydrogens (tertiary/aromatic N) is 3. The van der Waals surface area contributed by atoms with E-state index in [4.69, 9.17) is 4.74 Å². The van der Waals surface area contributed by atoms with Crippen molar-refractivity contribution in [3.63, 3.8) is 0 Å². The molecule has 1 fully saturated rings. The first-order chi connectivity index (χ1) is 12.1. The maximum Gasteiger partial charge on any atom is 0.333 e. The summed E-state index contributed by atoms with van der Waals surface area (Å²) in [4.78, 5) is 29.2. The van der Waals surface area contributed by atoms with Gasteiger partial charge in [0.2, 0.25) is 5.82 Å². The van der Waals surface area contributed by atoms with Crippen LogP contribution in [-0.4, -0.2) is 20.7 Å². The predicted octanol–water partition coefficient (Wildman–Crippen LogP) is 2.05. The van der Waals surface area contributed by atoms with E-state index in [-0.39, 0.29) is 6.54 Å². The molecule has 3 heterocycles. The Labute approximate surface area is 142 Å². The molecule has 0 aliphatic carbocycles. The lowest BCUT2D eigenvalue weighted by Gasteiger charge is -2.15. The fourth-order valence-corrected chi connectivity index (χ4v) is 3.07. The van der Waals surface area contributed by atoms with E-state index >= 15 is 0 Å². The number of para-hydroxylation sites is 1. The Hall–Kier alpha value is -2.80. The number of benzene rings is 1. The Balaban J connectivity index is 1.78. The molecule has 1 aromatic carbocycles. The van der Waals surface area contributed by atoms with Crippen molar-refractivity contribution in [2.24, 2.45) is 0 Å². The van der Waals surface area contributed by atoms with Crippen molar-refractivity contribution in [3.05, 3.63) is 74.9 Å². The van der Waals surface area contributed by atoms with E-state index in [2.05, 4.69) is 4.98 Å². The second kappa shape index (κ2) is 6.25. The van der Waals surface area contributed by atoms with Crippen molar-refractivity contribution in [2.75, 3.05) is 6.61 Å². The minimum atomic E-state index is -0.976. The summed E-state index contributed by atoms with van der Waals surface area (Å²) in [5.41, 5.74) is -0.270. The van der Waals surface area contributed by atoms with Gasteiger partial charge in [0, 0.05) is 12.0 Å². The number of pyridine rings is 1. The molecule has 0 bridgehead atoms. The van der Waals surface area contributed by atoms with Crippen LogP contribution in [0.2, 0.25) is 0 Å². The minimum absolute atomic E-state index is 0.0903. The molecule has 3 aromatic rings. The van der Waals surface area contributed by atoms with Crippen LogP contribution in [0.25, 0.3) is 10.9 Å². The van der Waals surface area contributed by atoms with E-state index in [0.29, 0.717) is 18.7 Å². The van der Waals surface area contributed by atoms with Gasteiger partial charge in [-0.25, -0.2) is 4.79 Å². The monoisotopic (exact) mass is 341 g/mol. The lowest BCUT2D eigenvalue weighted by Crippen LogP contribution is -2.42. The molecule has 4 rings (SSSR count). The molecule has 1 aliphatic rings. The van der Waals surface area contributed by atoms with Crippen LogP contribution in [-0.2, 0) is 11.3 Å². The van der Waals surface area contributed by atoms with Crippen LogP contribution in [0, 0.1) is 5.82 Å². The largest absolute Gasteiger partial charge is 0.358 e. The summed E-state index contributed by atoms with van der Waals surface area (Å²) in [6, 6.07) is 11.1. The number of ether oxygens (including phenoxy) is 1. The van der Waals surface area contributed by atoms with Crippen LogP contribution in [0.3, 0.4) is 0 Å². The van der Waals surface area contributed by atoms with Crippen LogP contribution >= 0.6 is 0 Å². The fourth-order valence-electron chi connectivity index (χ4n) is 3.07. The molecule has 0 radical (unpaired) electrons. The van der Waals surface area contributed by atoms with Gasteiger partial charge in [-0.2, -0.15) is 4.39 Å². The Bertz CT molecular complexity index is 1050. The zero-order chi connectivity index (χ0) is 17.4. The van der Waals surface area contributed by atoms with Gasteiger partial charge in [0.15, 0.2) is 0 Å². The molecule has 0 spiro atoms. The Morgan fingerprint density at radius 2 is 2.04 bits per heavy atom. The molecule has 25 heavy (non-hydrogen) atoms. The summed E-state index contributed by atoms with van der Waals surface area (Å²) in [6.45, 7) is 0.428. The highest BCUT2D eigenvalue weighted by Crippen LogP contribution is 2.20. The van der Waals surface area contributed by atoms with Gasteiger partial charge >= 0.3 is 5.69 Å². The van der Waals surface area contributed by atoms with Gasteiger partial charge in [0.1, 0.15) is 6.23 Å². The number of rotatable bonds is 3. The molecule has 0 saturated carbocycles.